The lowest BCUT2D eigenvalue weighted by Crippen LogP contribution is -2.33. The van der Waals surface area contributed by atoms with Crippen LogP contribution in [0.1, 0.15) is 31.4 Å². The van der Waals surface area contributed by atoms with Crippen LogP contribution < -0.4 is 10.6 Å². The molecule has 1 fully saturated rings. The van der Waals surface area contributed by atoms with Gasteiger partial charge < -0.3 is 10.6 Å². The second-order valence-electron chi connectivity index (χ2n) is 7.70. The average Bonchev–Trinajstić information content (AvgIpc) is 3.34. The van der Waals surface area contributed by atoms with Crippen molar-refractivity contribution in [3.8, 4) is 0 Å². The molecular formula is C20H19F4N7. The van der Waals surface area contributed by atoms with Gasteiger partial charge in [-0.05, 0) is 49.9 Å². The van der Waals surface area contributed by atoms with Gasteiger partial charge in [-0.1, -0.05) is 6.07 Å². The molecule has 0 aliphatic heterocycles. The van der Waals surface area contributed by atoms with E-state index in [-0.39, 0.29) is 23.5 Å². The minimum atomic E-state index is -4.48. The van der Waals surface area contributed by atoms with Crippen LogP contribution in [0.3, 0.4) is 0 Å². The number of alkyl halides is 3. The van der Waals surface area contributed by atoms with Crippen LogP contribution in [0.2, 0.25) is 0 Å². The molecule has 0 amide bonds. The Hall–Kier alpha value is -3.37. The quantitative estimate of drug-likeness (QED) is 0.468. The van der Waals surface area contributed by atoms with Crippen molar-refractivity contribution in [2.75, 3.05) is 10.6 Å². The maximum atomic E-state index is 13.5. The van der Waals surface area contributed by atoms with E-state index < -0.39 is 11.9 Å². The molecule has 2 N–H and O–H groups in total. The summed E-state index contributed by atoms with van der Waals surface area (Å²) in [6.07, 6.45) is 1.17. The number of imidazole rings is 1. The standard InChI is InChI=1S/C20H19F4N7/c21-12-4-9-18-28-29-19(31(18)10-12)26-14-7-5-13(6-8-14)25-16-2-1-3-17-27-15(11-30(16)17)20(22,23)24/h1-4,9-11,13-14,25H,5-8H2,(H,26,29). The van der Waals surface area contributed by atoms with Gasteiger partial charge in [0.05, 0.1) is 0 Å². The van der Waals surface area contributed by atoms with Crippen molar-refractivity contribution in [2.45, 2.75) is 43.9 Å². The van der Waals surface area contributed by atoms with Gasteiger partial charge in [-0.15, -0.1) is 10.2 Å². The topological polar surface area (TPSA) is 71.5 Å². The first-order valence-corrected chi connectivity index (χ1v) is 9.95. The lowest BCUT2D eigenvalue weighted by atomic mass is 9.91. The van der Waals surface area contributed by atoms with E-state index in [0.29, 0.717) is 17.4 Å². The lowest BCUT2D eigenvalue weighted by Gasteiger charge is -2.30. The summed E-state index contributed by atoms with van der Waals surface area (Å²) in [5.41, 5.74) is -0.101. The van der Waals surface area contributed by atoms with Gasteiger partial charge in [0.15, 0.2) is 11.3 Å². The van der Waals surface area contributed by atoms with Crippen LogP contribution in [0.5, 0.6) is 0 Å². The van der Waals surface area contributed by atoms with E-state index in [1.54, 1.807) is 28.7 Å². The zero-order valence-corrected chi connectivity index (χ0v) is 16.3. The van der Waals surface area contributed by atoms with E-state index in [2.05, 4.69) is 25.8 Å². The Morgan fingerprint density at radius 2 is 1.58 bits per heavy atom. The number of anilines is 2. The Morgan fingerprint density at radius 3 is 2.32 bits per heavy atom. The van der Waals surface area contributed by atoms with Crippen molar-refractivity contribution < 1.29 is 17.6 Å². The van der Waals surface area contributed by atoms with Crippen LogP contribution in [-0.2, 0) is 6.18 Å². The highest BCUT2D eigenvalue weighted by Crippen LogP contribution is 2.30. The number of hydrogen-bond acceptors (Lipinski definition) is 5. The Labute approximate surface area is 174 Å². The maximum Gasteiger partial charge on any atom is 0.434 e. The van der Waals surface area contributed by atoms with Gasteiger partial charge in [0.25, 0.3) is 0 Å². The predicted octanol–water partition coefficient (Wildman–Crippen LogP) is 4.37. The van der Waals surface area contributed by atoms with Gasteiger partial charge in [0.2, 0.25) is 5.95 Å². The summed E-state index contributed by atoms with van der Waals surface area (Å²) in [6.45, 7) is 0. The van der Waals surface area contributed by atoms with Crippen LogP contribution in [0.15, 0.2) is 42.7 Å². The molecule has 1 aliphatic carbocycles. The summed E-state index contributed by atoms with van der Waals surface area (Å²) in [7, 11) is 0. The number of nitrogens with one attached hydrogen (secondary N) is 2. The summed E-state index contributed by atoms with van der Waals surface area (Å²) < 4.78 is 55.5. The summed E-state index contributed by atoms with van der Waals surface area (Å²) in [6, 6.07) is 8.15. The number of hydrogen-bond donors (Lipinski definition) is 2. The molecule has 0 radical (unpaired) electrons. The molecule has 162 valence electrons. The van der Waals surface area contributed by atoms with E-state index in [9.17, 15) is 17.6 Å². The van der Waals surface area contributed by atoms with E-state index in [1.807, 2.05) is 0 Å². The van der Waals surface area contributed by atoms with Crippen molar-refractivity contribution >= 4 is 23.1 Å². The van der Waals surface area contributed by atoms with E-state index in [4.69, 9.17) is 0 Å². The molecule has 1 aliphatic rings. The van der Waals surface area contributed by atoms with Crippen LogP contribution in [-0.4, -0.2) is 36.1 Å². The number of pyridine rings is 2. The van der Waals surface area contributed by atoms with Crippen LogP contribution in [0, 0.1) is 5.82 Å². The fraction of sp³-hybridized carbons (Fsp3) is 0.350. The fourth-order valence-corrected chi connectivity index (χ4v) is 4.00. The first-order chi connectivity index (χ1) is 14.9. The zero-order chi connectivity index (χ0) is 21.6. The molecule has 4 aromatic heterocycles. The summed E-state index contributed by atoms with van der Waals surface area (Å²) in [4.78, 5) is 3.67. The summed E-state index contributed by atoms with van der Waals surface area (Å²) in [5.74, 6) is 0.704. The minimum Gasteiger partial charge on any atom is -0.368 e. The molecule has 0 spiro atoms. The highest BCUT2D eigenvalue weighted by molar-refractivity contribution is 5.52. The average molecular weight is 433 g/mol. The predicted molar refractivity (Wildman–Crippen MR) is 106 cm³/mol. The normalized spacial score (nSPS) is 19.7. The second kappa shape index (κ2) is 7.40. The Morgan fingerprint density at radius 1 is 0.839 bits per heavy atom. The van der Waals surface area contributed by atoms with Gasteiger partial charge >= 0.3 is 6.18 Å². The van der Waals surface area contributed by atoms with Gasteiger partial charge in [-0.2, -0.15) is 13.2 Å². The Bertz CT molecular complexity index is 1220. The molecule has 4 aromatic rings. The molecule has 0 aromatic carbocycles. The summed E-state index contributed by atoms with van der Waals surface area (Å²) in [5, 5.41) is 14.8. The molecular weight excluding hydrogens is 414 g/mol. The molecule has 1 saturated carbocycles. The molecule has 31 heavy (non-hydrogen) atoms. The lowest BCUT2D eigenvalue weighted by molar-refractivity contribution is -0.140. The number of nitrogens with zero attached hydrogens (tertiary/aromatic N) is 5. The molecule has 7 nitrogen and oxygen atoms in total. The Kier molecular flexibility index (Phi) is 4.67. The zero-order valence-electron chi connectivity index (χ0n) is 16.3. The van der Waals surface area contributed by atoms with Crippen molar-refractivity contribution in [3.63, 3.8) is 0 Å². The number of aromatic nitrogens is 5. The maximum absolute atomic E-state index is 13.5. The first-order valence-electron chi connectivity index (χ1n) is 9.95. The van der Waals surface area contributed by atoms with E-state index in [0.717, 1.165) is 31.9 Å². The van der Waals surface area contributed by atoms with Crippen molar-refractivity contribution in [3.05, 3.63) is 54.2 Å². The molecule has 4 heterocycles. The van der Waals surface area contributed by atoms with Gasteiger partial charge in [0.1, 0.15) is 17.3 Å². The van der Waals surface area contributed by atoms with Gasteiger partial charge in [-0.3, -0.25) is 8.80 Å². The van der Waals surface area contributed by atoms with Crippen molar-refractivity contribution in [1.82, 2.24) is 24.0 Å². The number of fused-ring (bicyclic) bond motifs is 2. The van der Waals surface area contributed by atoms with Crippen molar-refractivity contribution in [2.24, 2.45) is 0 Å². The van der Waals surface area contributed by atoms with Crippen LogP contribution in [0.4, 0.5) is 29.3 Å². The largest absolute Gasteiger partial charge is 0.434 e. The highest BCUT2D eigenvalue weighted by Gasteiger charge is 2.34. The molecule has 0 atom stereocenters. The first kappa shape index (κ1) is 19.6. The van der Waals surface area contributed by atoms with Crippen molar-refractivity contribution in [1.29, 1.82) is 0 Å². The third-order valence-corrected chi connectivity index (χ3v) is 5.56. The van der Waals surface area contributed by atoms with Gasteiger partial charge in [-0.25, -0.2) is 9.37 Å². The molecule has 11 heteroatoms. The third-order valence-electron chi connectivity index (χ3n) is 5.56. The monoisotopic (exact) mass is 433 g/mol. The number of rotatable bonds is 4. The molecule has 0 saturated heterocycles. The van der Waals surface area contributed by atoms with E-state index >= 15 is 0 Å². The second-order valence-corrected chi connectivity index (χ2v) is 7.70. The summed E-state index contributed by atoms with van der Waals surface area (Å²) >= 11 is 0. The fourth-order valence-electron chi connectivity index (χ4n) is 4.00. The van der Waals surface area contributed by atoms with Gasteiger partial charge in [0, 0.05) is 24.5 Å². The van der Waals surface area contributed by atoms with Crippen LogP contribution in [0.25, 0.3) is 11.3 Å². The molecule has 0 bridgehead atoms. The Balaban J connectivity index is 1.25. The minimum absolute atomic E-state index is 0.118. The highest BCUT2D eigenvalue weighted by atomic mass is 19.4. The van der Waals surface area contributed by atoms with E-state index in [1.165, 1.54) is 16.7 Å². The SMILES string of the molecule is Fc1ccc2nnc(NC3CCC(Nc4cccc5nc(C(F)(F)F)cn45)CC3)n2c1. The third kappa shape index (κ3) is 3.87. The smallest absolute Gasteiger partial charge is 0.368 e. The number of halogens is 4. The van der Waals surface area contributed by atoms with Crippen LogP contribution >= 0.6 is 0 Å². The molecule has 0 unspecified atom stereocenters. The molecule has 5 rings (SSSR count).